The van der Waals surface area contributed by atoms with Crippen molar-refractivity contribution in [2.75, 3.05) is 121 Å². The van der Waals surface area contributed by atoms with Crippen LogP contribution in [-0.4, -0.2) is 216 Å². The number of nitrogens with zero attached hydrogens (tertiary/aromatic N) is 20. The number of aliphatic hydroxyl groups is 2. The number of anilines is 3. The molecular weight excluding hydrogens is 1560 g/mol. The van der Waals surface area contributed by atoms with E-state index in [0.29, 0.717) is 98.9 Å². The molecule has 0 spiro atoms. The first-order chi connectivity index (χ1) is 59.3. The third-order valence-electron chi connectivity index (χ3n) is 23.9. The Hall–Kier alpha value is -12.7. The standard InChI is InChI=1S/C24H27N5O2.C23H26N6O2.C23H25N5O3.C23H25N5O2/c1-15-11-17-12-21(31-24(17)16(2)25-15)20-13-23(30)29-14-19(5-6-22(29)26-20)28-9-7-18(8-10-28)27(3)4;1-15-13-29-21(16(2)24-15)11-20(26-29)19-12-23(31)28-14-18(3-4-22(28)25-19)17-5-7-27(8-6-17)9-10-30;1-15-11-17-12-20(31-23(17)16(2)24-15)19-13-22(30)28-14-18(3-4-21(28)25-19)27-7-5-26(6-8-27)9-10-29;1-13-7-17-8-20(30-23(17)16(4)25-13)19-9-22(29)28-12-18(5-6-21(28)26-19)27-10-14(2)24-15(3)11-27/h5-6,11-14,18H,7-10H2,1-4H3;3-4,11-14,17,30H,5-10H2,1-2H3;3-4,11-14,29H,5-10H2,1-2H3;5-9,12,14-15,24H,10-11H2,1-4H3/t;;;14-,15+. The molecule has 0 unspecified atom stereocenters. The van der Waals surface area contributed by atoms with Gasteiger partial charge in [-0.2, -0.15) is 5.10 Å². The molecular formula is C93H103N21O9. The van der Waals surface area contributed by atoms with Gasteiger partial charge in [-0.25, -0.2) is 24.5 Å². The molecule has 16 aromatic heterocycles. The minimum absolute atomic E-state index is 0.109. The summed E-state index contributed by atoms with van der Waals surface area (Å²) >= 11 is 0. The summed E-state index contributed by atoms with van der Waals surface area (Å²) in [5.41, 5.74) is 19.1. The van der Waals surface area contributed by atoms with Gasteiger partial charge in [-0.3, -0.25) is 61.6 Å². The molecule has 4 aliphatic heterocycles. The fourth-order valence-corrected chi connectivity index (χ4v) is 17.8. The van der Waals surface area contributed by atoms with E-state index < -0.39 is 0 Å². The molecule has 20 rings (SSSR count). The topological polar surface area (TPSA) is 318 Å². The minimum atomic E-state index is -0.146. The van der Waals surface area contributed by atoms with Crippen molar-refractivity contribution >= 4 is 78.1 Å². The van der Waals surface area contributed by atoms with E-state index in [0.717, 1.165) is 204 Å². The number of piperidine rings is 2. The number of piperazine rings is 2. The van der Waals surface area contributed by atoms with Crippen molar-refractivity contribution < 1.29 is 23.5 Å². The molecule has 634 valence electrons. The van der Waals surface area contributed by atoms with Gasteiger partial charge in [0.05, 0.1) is 76.2 Å². The van der Waals surface area contributed by atoms with E-state index in [4.69, 9.17) is 33.4 Å². The lowest BCUT2D eigenvalue weighted by atomic mass is 9.90. The predicted octanol–water partition coefficient (Wildman–Crippen LogP) is 11.4. The molecule has 30 heteroatoms. The van der Waals surface area contributed by atoms with Crippen LogP contribution in [0.25, 0.3) is 107 Å². The highest BCUT2D eigenvalue weighted by Crippen LogP contribution is 2.35. The van der Waals surface area contributed by atoms with Crippen molar-refractivity contribution in [2.24, 2.45) is 0 Å². The normalized spacial score (nSPS) is 16.5. The zero-order valence-electron chi connectivity index (χ0n) is 71.6. The molecule has 123 heavy (non-hydrogen) atoms. The van der Waals surface area contributed by atoms with Crippen molar-refractivity contribution in [2.45, 2.75) is 119 Å². The first-order valence-electron chi connectivity index (χ1n) is 42.3. The van der Waals surface area contributed by atoms with Crippen molar-refractivity contribution in [3.63, 3.8) is 0 Å². The Kier molecular flexibility index (Phi) is 23.3. The zero-order chi connectivity index (χ0) is 85.8. The third-order valence-corrected chi connectivity index (χ3v) is 23.9. The van der Waals surface area contributed by atoms with Crippen LogP contribution in [-0.2, 0) is 0 Å². The Morgan fingerprint density at radius 1 is 0.398 bits per heavy atom. The van der Waals surface area contributed by atoms with Gasteiger partial charge in [0.15, 0.2) is 34.0 Å². The van der Waals surface area contributed by atoms with Gasteiger partial charge in [0.1, 0.15) is 45.4 Å². The van der Waals surface area contributed by atoms with Gasteiger partial charge < -0.3 is 53.3 Å². The number of aryl methyl sites for hydroxylation is 8. The van der Waals surface area contributed by atoms with E-state index in [9.17, 15) is 19.2 Å². The highest BCUT2D eigenvalue weighted by Gasteiger charge is 2.27. The number of likely N-dealkylation sites (tertiary alicyclic amines) is 1. The van der Waals surface area contributed by atoms with Crippen LogP contribution in [0.4, 0.5) is 17.1 Å². The highest BCUT2D eigenvalue weighted by atomic mass is 16.3. The maximum atomic E-state index is 12.9. The van der Waals surface area contributed by atoms with Crippen molar-refractivity contribution in [3.8, 4) is 45.8 Å². The SMILES string of the molecule is Cc1cc2cc(-c3cc(=O)n4cc(N5CCC(N(C)C)CC5)ccc4n3)oc2c(C)n1.Cc1cc2cc(-c3cc(=O)n4cc(N5CCN(CCO)CC5)ccc4n3)oc2c(C)n1.Cc1cc2cc(-c3cc(=O)n4cc(N5C[C@@H](C)N[C@@H](C)C5)ccc4n3)oc2c(C)n1.Cc1cn2nc(-c3cc(=O)n4cc(C5CCN(CCO)CC5)ccc4n3)cc2c(C)n1. The van der Waals surface area contributed by atoms with E-state index in [1.165, 1.54) is 12.1 Å². The van der Waals surface area contributed by atoms with E-state index in [1.54, 1.807) is 34.3 Å². The number of β-amino-alcohol motifs (C(OH)–C–C–N with tert-alkyl or cyclic N) is 2. The van der Waals surface area contributed by atoms with E-state index >= 15 is 0 Å². The number of hydrogen-bond donors (Lipinski definition) is 3. The molecule has 0 saturated carbocycles. The second-order valence-corrected chi connectivity index (χ2v) is 33.4. The Balaban J connectivity index is 0.000000116. The van der Waals surface area contributed by atoms with Crippen LogP contribution in [0, 0.1) is 55.4 Å². The molecule has 4 aliphatic rings. The molecule has 2 atom stereocenters. The average molecular weight is 1660 g/mol. The summed E-state index contributed by atoms with van der Waals surface area (Å²) in [6, 6.07) is 37.0. The van der Waals surface area contributed by atoms with Gasteiger partial charge in [-0.05, 0) is 219 Å². The highest BCUT2D eigenvalue weighted by molar-refractivity contribution is 5.86. The first-order valence-corrected chi connectivity index (χ1v) is 42.3. The molecule has 4 saturated heterocycles. The van der Waals surface area contributed by atoms with Crippen LogP contribution in [0.1, 0.15) is 96.6 Å². The van der Waals surface area contributed by atoms with Crippen LogP contribution in [0.15, 0.2) is 179 Å². The smallest absolute Gasteiger partial charge is 0.258 e. The number of rotatable bonds is 13. The Bertz CT molecular complexity index is 6720. The monoisotopic (exact) mass is 1660 g/mol. The zero-order valence-corrected chi connectivity index (χ0v) is 71.6. The molecule has 20 heterocycles. The molecule has 0 bridgehead atoms. The summed E-state index contributed by atoms with van der Waals surface area (Å²) in [5, 5.41) is 29.3. The van der Waals surface area contributed by atoms with Crippen LogP contribution >= 0.6 is 0 Å². The van der Waals surface area contributed by atoms with Gasteiger partial charge in [-0.15, -0.1) is 0 Å². The lowest BCUT2D eigenvalue weighted by molar-refractivity contribution is 0.164. The lowest BCUT2D eigenvalue weighted by Gasteiger charge is -2.37. The molecule has 0 amide bonds. The van der Waals surface area contributed by atoms with E-state index in [-0.39, 0.29) is 35.5 Å². The van der Waals surface area contributed by atoms with Crippen molar-refractivity contribution in [3.05, 3.63) is 239 Å². The van der Waals surface area contributed by atoms with Gasteiger partial charge in [0.25, 0.3) is 22.2 Å². The van der Waals surface area contributed by atoms with Gasteiger partial charge in [0.2, 0.25) is 0 Å². The van der Waals surface area contributed by atoms with Gasteiger partial charge in [0, 0.05) is 166 Å². The Morgan fingerprint density at radius 2 is 0.789 bits per heavy atom. The predicted molar refractivity (Wildman–Crippen MR) is 479 cm³/mol. The van der Waals surface area contributed by atoms with E-state index in [2.05, 4.69) is 110 Å². The summed E-state index contributed by atoms with van der Waals surface area (Å²) in [6.07, 6.45) is 13.7. The van der Waals surface area contributed by atoms with Crippen LogP contribution in [0.3, 0.4) is 0 Å². The maximum absolute atomic E-state index is 12.9. The van der Waals surface area contributed by atoms with Gasteiger partial charge in [-0.1, -0.05) is 6.07 Å². The quantitative estimate of drug-likeness (QED) is 0.0965. The molecule has 4 fully saturated rings. The number of pyridine rings is 7. The average Bonchev–Trinajstić information content (AvgIpc) is 1.54. The summed E-state index contributed by atoms with van der Waals surface area (Å²) in [5.74, 6) is 2.14. The number of aliphatic hydroxyl groups excluding tert-OH is 2. The fourth-order valence-electron chi connectivity index (χ4n) is 17.8. The van der Waals surface area contributed by atoms with Crippen LogP contribution in [0.5, 0.6) is 0 Å². The molecule has 0 aromatic carbocycles. The van der Waals surface area contributed by atoms with Crippen molar-refractivity contribution in [1.82, 2.24) is 87.1 Å². The second-order valence-electron chi connectivity index (χ2n) is 33.4. The Morgan fingerprint density at radius 3 is 1.23 bits per heavy atom. The molecule has 3 N–H and O–H groups in total. The Labute approximate surface area is 709 Å². The molecule has 0 aliphatic carbocycles. The second kappa shape index (κ2) is 34.7. The summed E-state index contributed by atoms with van der Waals surface area (Å²) in [4.78, 5) is 102. The molecule has 0 radical (unpaired) electrons. The fraction of sp³-hybridized carbons (Fsp3) is 0.366. The third kappa shape index (κ3) is 17.6. The van der Waals surface area contributed by atoms with Gasteiger partial charge >= 0.3 is 0 Å². The van der Waals surface area contributed by atoms with Crippen LogP contribution in [0.2, 0.25) is 0 Å². The molecule has 16 aromatic rings. The lowest BCUT2D eigenvalue weighted by Crippen LogP contribution is -2.54. The maximum Gasteiger partial charge on any atom is 0.258 e. The number of nitrogens with one attached hydrogen (secondary N) is 1. The largest absolute Gasteiger partial charge is 0.453 e. The van der Waals surface area contributed by atoms with Crippen LogP contribution < -0.4 is 42.3 Å². The number of fused-ring (bicyclic) bond motifs is 8. The summed E-state index contributed by atoms with van der Waals surface area (Å²) < 4.78 is 26.2. The number of hydrogen-bond acceptors (Lipinski definition) is 25. The molecule has 30 nitrogen and oxygen atoms in total. The summed E-state index contributed by atoms with van der Waals surface area (Å²) in [7, 11) is 4.28. The number of aromatic nitrogens is 14. The number of furan rings is 3. The minimum Gasteiger partial charge on any atom is -0.453 e. The van der Waals surface area contributed by atoms with Crippen molar-refractivity contribution in [1.29, 1.82) is 0 Å². The van der Waals surface area contributed by atoms with E-state index in [1.807, 2.05) is 165 Å². The first kappa shape index (κ1) is 82.6. The summed E-state index contributed by atoms with van der Waals surface area (Å²) in [6.45, 7) is 30.9.